The Kier molecular flexibility index (Phi) is 2.87. The number of carbonyl (C=O) groups excluding carboxylic acids is 1. The highest BCUT2D eigenvalue weighted by Gasteiger charge is 2.31. The number of nitrogens with zero attached hydrogens (tertiary/aromatic N) is 1. The van der Waals surface area contributed by atoms with Crippen LogP contribution in [0.15, 0.2) is 11.1 Å². The quantitative estimate of drug-likeness (QED) is 0.380. The highest BCUT2D eigenvalue weighted by molar-refractivity contribution is 5.99. The molecule has 0 heterocycles. The number of Topliss-reactive ketones (excluding diaryl/α,β-unsaturated/α-hetero) is 1. The summed E-state index contributed by atoms with van der Waals surface area (Å²) >= 11 is 0. The normalized spacial score (nSPS) is 20.9. The third kappa shape index (κ3) is 1.91. The fourth-order valence-corrected chi connectivity index (χ4v) is 1.42. The van der Waals surface area contributed by atoms with Gasteiger partial charge in [0, 0.05) is 18.4 Å². The molecule has 0 aromatic carbocycles. The summed E-state index contributed by atoms with van der Waals surface area (Å²) in [4.78, 5) is 25.7. The summed E-state index contributed by atoms with van der Waals surface area (Å²) in [6.45, 7) is 1.63. The van der Waals surface area contributed by atoms with Gasteiger partial charge in [-0.15, -0.1) is 22.5 Å². The van der Waals surface area contributed by atoms with Crippen molar-refractivity contribution in [1.82, 2.24) is 0 Å². The molecule has 1 rings (SSSR count). The Hall–Kier alpha value is -1.83. The number of hydrogen-bond donors (Lipinski definition) is 0. The van der Waals surface area contributed by atoms with Crippen LogP contribution >= 0.6 is 0 Å². The van der Waals surface area contributed by atoms with E-state index in [9.17, 15) is 14.9 Å². The lowest BCUT2D eigenvalue weighted by Crippen LogP contribution is -2.16. The Morgan fingerprint density at radius 3 is 2.93 bits per heavy atom. The first kappa shape index (κ1) is 10.3. The molecule has 0 radical (unpaired) electrons. The van der Waals surface area contributed by atoms with Gasteiger partial charge in [0.1, 0.15) is 6.10 Å². The molecule has 0 amide bonds. The molecule has 5 nitrogen and oxygen atoms in total. The van der Waals surface area contributed by atoms with Gasteiger partial charge in [-0.3, -0.25) is 4.79 Å². The second kappa shape index (κ2) is 3.92. The number of terminal acetylenes is 1. The summed E-state index contributed by atoms with van der Waals surface area (Å²) in [6, 6.07) is 0. The van der Waals surface area contributed by atoms with Gasteiger partial charge in [0.25, 0.3) is 5.09 Å². The first-order valence-corrected chi connectivity index (χ1v) is 4.03. The van der Waals surface area contributed by atoms with E-state index in [0.717, 1.165) is 0 Å². The van der Waals surface area contributed by atoms with Crippen LogP contribution in [0.25, 0.3) is 0 Å². The minimum atomic E-state index is -0.889. The maximum atomic E-state index is 11.3. The van der Waals surface area contributed by atoms with Crippen molar-refractivity contribution >= 4 is 5.78 Å². The minimum absolute atomic E-state index is 0.0177. The van der Waals surface area contributed by atoms with Gasteiger partial charge < -0.3 is 4.84 Å². The molecule has 5 heteroatoms. The molecule has 0 saturated heterocycles. The Morgan fingerprint density at radius 1 is 1.79 bits per heavy atom. The molecular weight excluding hydrogens is 186 g/mol. The van der Waals surface area contributed by atoms with Crippen molar-refractivity contribution in [3.05, 3.63) is 21.3 Å². The molecule has 0 saturated carbocycles. The Balaban J connectivity index is 2.82. The third-order valence-electron chi connectivity index (χ3n) is 2.16. The van der Waals surface area contributed by atoms with E-state index in [0.29, 0.717) is 11.1 Å². The van der Waals surface area contributed by atoms with Gasteiger partial charge in [0.05, 0.1) is 0 Å². The molecule has 0 unspecified atom stereocenters. The van der Waals surface area contributed by atoms with Crippen LogP contribution in [0, 0.1) is 22.5 Å². The van der Waals surface area contributed by atoms with Gasteiger partial charge in [-0.2, -0.15) is 0 Å². The maximum absolute atomic E-state index is 11.3. The average molecular weight is 195 g/mol. The predicted octanol–water partition coefficient (Wildman–Crippen LogP) is 0.876. The van der Waals surface area contributed by atoms with E-state index in [1.807, 2.05) is 0 Å². The van der Waals surface area contributed by atoms with Crippen LogP contribution < -0.4 is 0 Å². The van der Waals surface area contributed by atoms with Crippen LogP contribution in [0.4, 0.5) is 0 Å². The van der Waals surface area contributed by atoms with E-state index in [4.69, 9.17) is 6.42 Å². The van der Waals surface area contributed by atoms with Crippen LogP contribution in [-0.4, -0.2) is 17.0 Å². The third-order valence-corrected chi connectivity index (χ3v) is 2.16. The van der Waals surface area contributed by atoms with Crippen LogP contribution in [0.3, 0.4) is 0 Å². The summed E-state index contributed by atoms with van der Waals surface area (Å²) in [7, 11) is 0. The lowest BCUT2D eigenvalue weighted by Gasteiger charge is -2.07. The van der Waals surface area contributed by atoms with Gasteiger partial charge in [-0.05, 0) is 12.5 Å². The summed E-state index contributed by atoms with van der Waals surface area (Å²) in [5.41, 5.74) is 1.05. The lowest BCUT2D eigenvalue weighted by molar-refractivity contribution is -0.765. The molecule has 0 aromatic heterocycles. The Bertz CT molecular complexity index is 350. The zero-order valence-corrected chi connectivity index (χ0v) is 7.65. The molecule has 1 aliphatic rings. The highest BCUT2D eigenvalue weighted by Crippen LogP contribution is 2.27. The Labute approximate surface area is 80.8 Å². The minimum Gasteiger partial charge on any atom is -0.306 e. The summed E-state index contributed by atoms with van der Waals surface area (Å²) in [5, 5.41) is 9.19. The zero-order valence-electron chi connectivity index (χ0n) is 7.65. The number of rotatable bonds is 3. The van der Waals surface area contributed by atoms with Crippen molar-refractivity contribution in [3.63, 3.8) is 0 Å². The smallest absolute Gasteiger partial charge is 0.295 e. The molecule has 1 atom stereocenters. The molecule has 14 heavy (non-hydrogen) atoms. The second-order valence-corrected chi connectivity index (χ2v) is 2.99. The molecule has 74 valence electrons. The highest BCUT2D eigenvalue weighted by atomic mass is 17.0. The summed E-state index contributed by atoms with van der Waals surface area (Å²) in [5.74, 6) is 2.18. The lowest BCUT2D eigenvalue weighted by atomic mass is 10.1. The van der Waals surface area contributed by atoms with Crippen molar-refractivity contribution in [1.29, 1.82) is 0 Å². The first-order valence-electron chi connectivity index (χ1n) is 4.03. The molecular formula is C9H9NO4. The van der Waals surface area contributed by atoms with Gasteiger partial charge >= 0.3 is 0 Å². The van der Waals surface area contributed by atoms with Crippen molar-refractivity contribution in [2.24, 2.45) is 0 Å². The largest absolute Gasteiger partial charge is 0.306 e. The fraction of sp³-hybridized carbons (Fsp3) is 0.444. The van der Waals surface area contributed by atoms with Crippen LogP contribution in [0.5, 0.6) is 0 Å². The van der Waals surface area contributed by atoms with Crippen molar-refractivity contribution in [3.8, 4) is 12.3 Å². The molecule has 0 N–H and O–H groups in total. The van der Waals surface area contributed by atoms with Crippen molar-refractivity contribution in [2.75, 3.05) is 0 Å². The predicted molar refractivity (Wildman–Crippen MR) is 47.6 cm³/mol. The van der Waals surface area contributed by atoms with E-state index in [-0.39, 0.29) is 18.6 Å². The standard InChI is InChI=1S/C9H9NO4/c1-3-4-7-6(2)9(5-8(7)11)14-10(12)13/h1,9H,4-5H2,2H3/t9-/m1/s1. The molecule has 0 spiro atoms. The van der Waals surface area contributed by atoms with Crippen molar-refractivity contribution in [2.45, 2.75) is 25.9 Å². The second-order valence-electron chi connectivity index (χ2n) is 2.99. The van der Waals surface area contributed by atoms with E-state index < -0.39 is 11.2 Å². The topological polar surface area (TPSA) is 69.4 Å². The van der Waals surface area contributed by atoms with Crippen LogP contribution in [0.1, 0.15) is 19.8 Å². The number of allylic oxidation sites excluding steroid dienone is 1. The molecule has 0 aliphatic heterocycles. The zero-order chi connectivity index (χ0) is 10.7. The van der Waals surface area contributed by atoms with E-state index >= 15 is 0 Å². The van der Waals surface area contributed by atoms with Gasteiger partial charge in [-0.1, -0.05) is 0 Å². The van der Waals surface area contributed by atoms with E-state index in [2.05, 4.69) is 10.8 Å². The average Bonchev–Trinajstić information content (AvgIpc) is 2.32. The monoisotopic (exact) mass is 195 g/mol. The summed E-state index contributed by atoms with van der Waals surface area (Å²) in [6.07, 6.45) is 4.55. The van der Waals surface area contributed by atoms with Crippen LogP contribution in [-0.2, 0) is 9.63 Å². The molecule has 0 fully saturated rings. The molecule has 0 bridgehead atoms. The first-order chi connectivity index (χ1) is 6.56. The molecule has 1 aliphatic carbocycles. The summed E-state index contributed by atoms with van der Waals surface area (Å²) < 4.78 is 0. The molecule has 0 aromatic rings. The van der Waals surface area contributed by atoms with Crippen molar-refractivity contribution < 1.29 is 14.7 Å². The van der Waals surface area contributed by atoms with E-state index in [1.165, 1.54) is 0 Å². The number of hydrogen-bond acceptors (Lipinski definition) is 4. The van der Waals surface area contributed by atoms with Gasteiger partial charge in [0.2, 0.25) is 0 Å². The van der Waals surface area contributed by atoms with Gasteiger partial charge in [-0.25, -0.2) is 0 Å². The van der Waals surface area contributed by atoms with Gasteiger partial charge in [0.15, 0.2) is 5.78 Å². The SMILES string of the molecule is C#CCC1=C(C)[C@H](O[N+](=O)[O-])CC1=O. The number of ketones is 1. The van der Waals surface area contributed by atoms with Crippen LogP contribution in [0.2, 0.25) is 0 Å². The Morgan fingerprint density at radius 2 is 2.43 bits per heavy atom. The van der Waals surface area contributed by atoms with E-state index in [1.54, 1.807) is 6.92 Å². The number of carbonyl (C=O) groups is 1. The fourth-order valence-electron chi connectivity index (χ4n) is 1.42. The maximum Gasteiger partial charge on any atom is 0.295 e.